The van der Waals surface area contributed by atoms with Gasteiger partial charge in [-0.3, -0.25) is 4.79 Å². The molecule has 0 spiro atoms. The first kappa shape index (κ1) is 21.8. The number of amides is 1. The van der Waals surface area contributed by atoms with E-state index in [0.29, 0.717) is 36.3 Å². The number of methoxy groups -OCH3 is 1. The standard InChI is InChI=1S/C24H28FN5O3/c1-14-20(24(32)30-17-7-8-18(30)10-19(31)9-17)11-29-22(14)23(26-13-27-29)28-21(12-33-2)15-3-5-16(25)6-4-15/h3-6,11,13,17-19,21,31H,7-10,12H2,1-2H3,(H,26,27,28)/t17-,18+,19?,21-/m1/s1. The van der Waals surface area contributed by atoms with Gasteiger partial charge in [0.05, 0.1) is 24.3 Å². The van der Waals surface area contributed by atoms with Crippen LogP contribution in [0.3, 0.4) is 0 Å². The van der Waals surface area contributed by atoms with E-state index < -0.39 is 0 Å². The van der Waals surface area contributed by atoms with Crippen LogP contribution in [0.1, 0.15) is 53.2 Å². The Kier molecular flexibility index (Phi) is 5.76. The summed E-state index contributed by atoms with van der Waals surface area (Å²) in [5.41, 5.74) is 2.97. The lowest BCUT2D eigenvalue weighted by atomic mass is 9.98. The summed E-state index contributed by atoms with van der Waals surface area (Å²) in [6.07, 6.45) is 6.01. The van der Waals surface area contributed by atoms with Gasteiger partial charge in [0.2, 0.25) is 0 Å². The average Bonchev–Trinajstić information content (AvgIpc) is 3.28. The van der Waals surface area contributed by atoms with Crippen molar-refractivity contribution < 1.29 is 19.0 Å². The number of aromatic nitrogens is 3. The van der Waals surface area contributed by atoms with Crippen molar-refractivity contribution in [2.24, 2.45) is 0 Å². The number of halogens is 1. The van der Waals surface area contributed by atoms with Crippen LogP contribution < -0.4 is 5.32 Å². The van der Waals surface area contributed by atoms with Crippen molar-refractivity contribution in [2.45, 2.75) is 56.8 Å². The highest BCUT2D eigenvalue weighted by molar-refractivity contribution is 5.99. The summed E-state index contributed by atoms with van der Waals surface area (Å²) in [7, 11) is 1.61. The van der Waals surface area contributed by atoms with Crippen LogP contribution in [0.15, 0.2) is 36.8 Å². The number of nitrogens with zero attached hydrogens (tertiary/aromatic N) is 4. The first-order valence-corrected chi connectivity index (χ1v) is 11.3. The second-order valence-corrected chi connectivity index (χ2v) is 9.00. The number of aryl methyl sites for hydroxylation is 1. The quantitative estimate of drug-likeness (QED) is 0.596. The van der Waals surface area contributed by atoms with Crippen molar-refractivity contribution in [3.05, 3.63) is 59.3 Å². The van der Waals surface area contributed by atoms with E-state index in [1.54, 1.807) is 30.0 Å². The zero-order chi connectivity index (χ0) is 23.1. The molecular weight excluding hydrogens is 425 g/mol. The van der Waals surface area contributed by atoms with Crippen LogP contribution in [0.2, 0.25) is 0 Å². The maximum Gasteiger partial charge on any atom is 0.256 e. The van der Waals surface area contributed by atoms with Gasteiger partial charge in [0, 0.05) is 25.4 Å². The number of nitrogens with one attached hydrogen (secondary N) is 1. The van der Waals surface area contributed by atoms with Crippen LogP contribution in [0, 0.1) is 12.7 Å². The second-order valence-electron chi connectivity index (χ2n) is 9.00. The molecule has 1 amide bonds. The van der Waals surface area contributed by atoms with E-state index in [9.17, 15) is 14.3 Å². The number of aliphatic hydroxyl groups is 1. The fourth-order valence-electron chi connectivity index (χ4n) is 5.35. The van der Waals surface area contributed by atoms with E-state index in [-0.39, 0.29) is 36.0 Å². The highest BCUT2D eigenvalue weighted by Gasteiger charge is 2.43. The van der Waals surface area contributed by atoms with Gasteiger partial charge < -0.3 is 20.1 Å². The Labute approximate surface area is 191 Å². The number of hydrogen-bond donors (Lipinski definition) is 2. The Morgan fingerprint density at radius 1 is 1.27 bits per heavy atom. The lowest BCUT2D eigenvalue weighted by Gasteiger charge is -2.37. The zero-order valence-corrected chi connectivity index (χ0v) is 18.7. The molecule has 2 aliphatic heterocycles. The summed E-state index contributed by atoms with van der Waals surface area (Å²) in [5, 5.41) is 17.8. The number of aliphatic hydroxyl groups excluding tert-OH is 1. The molecule has 4 heterocycles. The fourth-order valence-corrected chi connectivity index (χ4v) is 5.35. The van der Waals surface area contributed by atoms with Crippen molar-refractivity contribution in [3.8, 4) is 0 Å². The molecule has 2 fully saturated rings. The number of hydrogen-bond acceptors (Lipinski definition) is 6. The minimum absolute atomic E-state index is 0.0182. The molecule has 2 aromatic heterocycles. The number of benzene rings is 1. The molecule has 4 atom stereocenters. The molecule has 2 bridgehead atoms. The molecular formula is C24H28FN5O3. The number of anilines is 1. The van der Waals surface area contributed by atoms with Crippen LogP contribution in [0.4, 0.5) is 10.2 Å². The van der Waals surface area contributed by atoms with Gasteiger partial charge in [-0.1, -0.05) is 12.1 Å². The Balaban J connectivity index is 1.48. The monoisotopic (exact) mass is 453 g/mol. The number of fused-ring (bicyclic) bond motifs is 3. The third kappa shape index (κ3) is 3.95. The SMILES string of the molecule is COC[C@@H](Nc1ncnn2cc(C(=O)N3[C@@H]4CC[C@H]3CC(O)C4)c(C)c12)c1ccc(F)cc1. The Bertz CT molecular complexity index is 1150. The Hall–Kier alpha value is -3.04. The number of ether oxygens (including phenoxy) is 1. The molecule has 5 rings (SSSR count). The van der Waals surface area contributed by atoms with Crippen molar-refractivity contribution in [3.63, 3.8) is 0 Å². The fraction of sp³-hybridized carbons (Fsp3) is 0.458. The summed E-state index contributed by atoms with van der Waals surface area (Å²) in [6.45, 7) is 2.26. The van der Waals surface area contributed by atoms with Gasteiger partial charge in [-0.25, -0.2) is 13.9 Å². The molecule has 2 saturated heterocycles. The first-order valence-electron chi connectivity index (χ1n) is 11.3. The first-order chi connectivity index (χ1) is 16.0. The molecule has 33 heavy (non-hydrogen) atoms. The minimum Gasteiger partial charge on any atom is -0.393 e. The van der Waals surface area contributed by atoms with Gasteiger partial charge in [0.15, 0.2) is 5.82 Å². The summed E-state index contributed by atoms with van der Waals surface area (Å²) < 4.78 is 20.5. The summed E-state index contributed by atoms with van der Waals surface area (Å²) in [5.74, 6) is 0.254. The van der Waals surface area contributed by atoms with Crippen molar-refractivity contribution in [1.29, 1.82) is 0 Å². The number of piperidine rings is 1. The lowest BCUT2D eigenvalue weighted by Crippen LogP contribution is -2.48. The summed E-state index contributed by atoms with van der Waals surface area (Å²) in [6, 6.07) is 6.16. The normalized spacial score (nSPS) is 23.2. The van der Waals surface area contributed by atoms with Gasteiger partial charge >= 0.3 is 0 Å². The van der Waals surface area contributed by atoms with E-state index in [2.05, 4.69) is 15.4 Å². The molecule has 174 valence electrons. The van der Waals surface area contributed by atoms with Gasteiger partial charge in [-0.15, -0.1) is 0 Å². The molecule has 2 N–H and O–H groups in total. The molecule has 1 aromatic carbocycles. The summed E-state index contributed by atoms with van der Waals surface area (Å²) >= 11 is 0. The predicted octanol–water partition coefficient (Wildman–Crippen LogP) is 3.10. The molecule has 9 heteroatoms. The van der Waals surface area contributed by atoms with E-state index in [1.807, 2.05) is 11.8 Å². The third-order valence-electron chi connectivity index (χ3n) is 6.92. The number of rotatable bonds is 6. The van der Waals surface area contributed by atoms with Gasteiger partial charge in [-0.05, 0) is 55.9 Å². The van der Waals surface area contributed by atoms with Crippen molar-refractivity contribution in [1.82, 2.24) is 19.5 Å². The highest BCUT2D eigenvalue weighted by Crippen LogP contribution is 2.38. The maximum atomic E-state index is 13.6. The molecule has 8 nitrogen and oxygen atoms in total. The van der Waals surface area contributed by atoms with E-state index >= 15 is 0 Å². The van der Waals surface area contributed by atoms with E-state index in [1.165, 1.54) is 18.5 Å². The lowest BCUT2D eigenvalue weighted by molar-refractivity contribution is 0.0286. The van der Waals surface area contributed by atoms with Crippen LogP contribution in [-0.4, -0.2) is 62.4 Å². The predicted molar refractivity (Wildman–Crippen MR) is 121 cm³/mol. The molecule has 0 radical (unpaired) electrons. The molecule has 3 aromatic rings. The topological polar surface area (TPSA) is 92.0 Å². The molecule has 2 aliphatic rings. The van der Waals surface area contributed by atoms with Crippen LogP contribution >= 0.6 is 0 Å². The number of carbonyl (C=O) groups is 1. The Morgan fingerprint density at radius 3 is 2.64 bits per heavy atom. The van der Waals surface area contributed by atoms with Gasteiger partial charge in [0.1, 0.15) is 17.7 Å². The molecule has 0 aliphatic carbocycles. The Morgan fingerprint density at radius 2 is 1.97 bits per heavy atom. The minimum atomic E-state index is -0.327. The maximum absolute atomic E-state index is 13.6. The van der Waals surface area contributed by atoms with E-state index in [4.69, 9.17) is 4.74 Å². The number of carbonyl (C=O) groups excluding carboxylic acids is 1. The molecule has 1 unspecified atom stereocenters. The van der Waals surface area contributed by atoms with Crippen LogP contribution in [0.25, 0.3) is 5.52 Å². The van der Waals surface area contributed by atoms with Crippen molar-refractivity contribution in [2.75, 3.05) is 19.0 Å². The van der Waals surface area contributed by atoms with E-state index in [0.717, 1.165) is 24.0 Å². The second kappa shape index (κ2) is 8.72. The third-order valence-corrected chi connectivity index (χ3v) is 6.92. The van der Waals surface area contributed by atoms with Gasteiger partial charge in [-0.2, -0.15) is 5.10 Å². The summed E-state index contributed by atoms with van der Waals surface area (Å²) in [4.78, 5) is 20.0. The zero-order valence-electron chi connectivity index (χ0n) is 18.7. The largest absolute Gasteiger partial charge is 0.393 e. The van der Waals surface area contributed by atoms with Gasteiger partial charge in [0.25, 0.3) is 5.91 Å². The van der Waals surface area contributed by atoms with Crippen LogP contribution in [-0.2, 0) is 4.74 Å². The molecule has 0 saturated carbocycles. The average molecular weight is 454 g/mol. The van der Waals surface area contributed by atoms with Crippen molar-refractivity contribution >= 4 is 17.2 Å². The van der Waals surface area contributed by atoms with Crippen LogP contribution in [0.5, 0.6) is 0 Å². The highest BCUT2D eigenvalue weighted by atomic mass is 19.1. The smallest absolute Gasteiger partial charge is 0.256 e.